The number of nitrogens with zero attached hydrogens (tertiary/aromatic N) is 1. The van der Waals surface area contributed by atoms with Crippen molar-refractivity contribution in [2.24, 2.45) is 33.7 Å². The number of hydrogen-bond acceptors (Lipinski definition) is 4. The molecule has 0 aromatic rings. The number of ketones is 1. The Morgan fingerprint density at radius 3 is 2.73 bits per heavy atom. The van der Waals surface area contributed by atoms with Crippen LogP contribution in [0.4, 0.5) is 0 Å². The standard InChI is InChI=1S/C22H34N2O2/c1-21-10-8-16(24-26-13-12-23-3)14-15(21)4-5-17-18-6-7-20(25)22(18,2)11-9-19(17)21/h14,17-19,23H,4-13H2,1-3H3/b24-16+/t17?,18?,19?,21-,22-/m0/s1. The van der Waals surface area contributed by atoms with Crippen molar-refractivity contribution in [1.29, 1.82) is 0 Å². The molecule has 4 aliphatic carbocycles. The van der Waals surface area contributed by atoms with Gasteiger partial charge in [0.1, 0.15) is 12.4 Å². The molecule has 0 spiro atoms. The van der Waals surface area contributed by atoms with Gasteiger partial charge in [-0.05, 0) is 81.2 Å². The Hall–Kier alpha value is -1.16. The van der Waals surface area contributed by atoms with E-state index in [1.165, 1.54) is 25.7 Å². The maximum absolute atomic E-state index is 12.5. The smallest absolute Gasteiger partial charge is 0.139 e. The number of fused-ring (bicyclic) bond motifs is 5. The fourth-order valence-corrected chi connectivity index (χ4v) is 6.69. The lowest BCUT2D eigenvalue weighted by Crippen LogP contribution is -2.50. The second-order valence-electron chi connectivity index (χ2n) is 9.44. The molecule has 3 fully saturated rings. The molecule has 0 amide bonds. The highest BCUT2D eigenvalue weighted by Crippen LogP contribution is 2.64. The van der Waals surface area contributed by atoms with Crippen LogP contribution in [0.5, 0.6) is 0 Å². The molecule has 0 radical (unpaired) electrons. The number of rotatable bonds is 4. The highest BCUT2D eigenvalue weighted by Gasteiger charge is 2.58. The molecule has 0 aromatic carbocycles. The molecular formula is C22H34N2O2. The average Bonchev–Trinajstić information content (AvgIpc) is 2.94. The molecule has 3 saturated carbocycles. The number of Topliss-reactive ketones (excluding diaryl/α,β-unsaturated/α-hetero) is 1. The summed E-state index contributed by atoms with van der Waals surface area (Å²) in [6, 6.07) is 0. The molecule has 0 saturated heterocycles. The maximum atomic E-state index is 12.5. The van der Waals surface area contributed by atoms with Crippen LogP contribution in [0, 0.1) is 28.6 Å². The number of oxime groups is 1. The van der Waals surface area contributed by atoms with Gasteiger partial charge in [0.05, 0.1) is 5.71 Å². The highest BCUT2D eigenvalue weighted by molar-refractivity contribution is 5.96. The second kappa shape index (κ2) is 6.78. The zero-order valence-electron chi connectivity index (χ0n) is 16.6. The number of hydrogen-bond donors (Lipinski definition) is 1. The van der Waals surface area contributed by atoms with Crippen LogP contribution in [-0.2, 0) is 9.63 Å². The summed E-state index contributed by atoms with van der Waals surface area (Å²) < 4.78 is 0. The summed E-state index contributed by atoms with van der Waals surface area (Å²) in [4.78, 5) is 18.0. The van der Waals surface area contributed by atoms with E-state index in [0.29, 0.717) is 23.7 Å². The molecule has 4 nitrogen and oxygen atoms in total. The van der Waals surface area contributed by atoms with Crippen molar-refractivity contribution >= 4 is 11.5 Å². The molecular weight excluding hydrogens is 324 g/mol. The van der Waals surface area contributed by atoms with Gasteiger partial charge in [0.15, 0.2) is 0 Å². The Morgan fingerprint density at radius 1 is 1.12 bits per heavy atom. The van der Waals surface area contributed by atoms with Crippen molar-refractivity contribution in [3.8, 4) is 0 Å². The molecule has 26 heavy (non-hydrogen) atoms. The average molecular weight is 359 g/mol. The van der Waals surface area contributed by atoms with E-state index in [4.69, 9.17) is 4.84 Å². The predicted octanol–water partition coefficient (Wildman–Crippen LogP) is 4.11. The van der Waals surface area contributed by atoms with Crippen LogP contribution in [0.1, 0.15) is 65.2 Å². The molecule has 1 N–H and O–H groups in total. The van der Waals surface area contributed by atoms with Crippen molar-refractivity contribution in [1.82, 2.24) is 5.32 Å². The molecule has 3 unspecified atom stereocenters. The predicted molar refractivity (Wildman–Crippen MR) is 104 cm³/mol. The van der Waals surface area contributed by atoms with Crippen molar-refractivity contribution in [3.63, 3.8) is 0 Å². The first kappa shape index (κ1) is 18.2. The minimum Gasteiger partial charge on any atom is -0.394 e. The van der Waals surface area contributed by atoms with Gasteiger partial charge in [-0.2, -0.15) is 0 Å². The lowest BCUT2D eigenvalue weighted by atomic mass is 9.47. The SMILES string of the molecule is CNCCO/N=C1/C=C2CCC3C(CC[C@]4(C)C(=O)CCC34)[C@@]2(C)CC1. The lowest BCUT2D eigenvalue weighted by Gasteiger charge is -2.57. The first-order valence-corrected chi connectivity index (χ1v) is 10.6. The van der Waals surface area contributed by atoms with Gasteiger partial charge in [-0.25, -0.2) is 0 Å². The third-order valence-corrected chi connectivity index (χ3v) is 8.31. The number of nitrogens with one attached hydrogen (secondary N) is 1. The van der Waals surface area contributed by atoms with Crippen LogP contribution in [0.3, 0.4) is 0 Å². The summed E-state index contributed by atoms with van der Waals surface area (Å²) in [6.45, 7) is 6.21. The van der Waals surface area contributed by atoms with E-state index in [1.54, 1.807) is 5.57 Å². The Kier molecular flexibility index (Phi) is 4.75. The molecule has 0 aromatic heterocycles. The summed E-state index contributed by atoms with van der Waals surface area (Å²) >= 11 is 0. The topological polar surface area (TPSA) is 50.7 Å². The van der Waals surface area contributed by atoms with E-state index in [9.17, 15) is 4.79 Å². The van der Waals surface area contributed by atoms with E-state index >= 15 is 0 Å². The first-order chi connectivity index (χ1) is 12.5. The van der Waals surface area contributed by atoms with Gasteiger partial charge in [0, 0.05) is 18.4 Å². The van der Waals surface area contributed by atoms with Crippen molar-refractivity contribution in [3.05, 3.63) is 11.6 Å². The van der Waals surface area contributed by atoms with E-state index in [1.807, 2.05) is 7.05 Å². The molecule has 4 rings (SSSR count). The largest absolute Gasteiger partial charge is 0.394 e. The van der Waals surface area contributed by atoms with Gasteiger partial charge in [0.2, 0.25) is 0 Å². The number of carbonyl (C=O) groups is 1. The fourth-order valence-electron chi connectivity index (χ4n) is 6.69. The van der Waals surface area contributed by atoms with Crippen molar-refractivity contribution < 1.29 is 9.63 Å². The van der Waals surface area contributed by atoms with E-state index in [-0.39, 0.29) is 5.41 Å². The Bertz CT molecular complexity index is 640. The quantitative estimate of drug-likeness (QED) is 0.608. The number of allylic oxidation sites excluding steroid dienone is 2. The normalized spacial score (nSPS) is 43.5. The van der Waals surface area contributed by atoms with Crippen LogP contribution in [0.2, 0.25) is 0 Å². The third kappa shape index (κ3) is 2.76. The van der Waals surface area contributed by atoms with Crippen molar-refractivity contribution in [2.75, 3.05) is 20.2 Å². The monoisotopic (exact) mass is 358 g/mol. The zero-order valence-corrected chi connectivity index (χ0v) is 16.6. The molecule has 0 bridgehead atoms. The van der Waals surface area contributed by atoms with Crippen LogP contribution in [0.25, 0.3) is 0 Å². The fraction of sp³-hybridized carbons (Fsp3) is 0.818. The van der Waals surface area contributed by atoms with Crippen LogP contribution in [0.15, 0.2) is 16.8 Å². The number of likely N-dealkylation sites (N-methyl/N-ethyl adjacent to an activating group) is 1. The summed E-state index contributed by atoms with van der Waals surface area (Å²) in [5.41, 5.74) is 3.00. The first-order valence-electron chi connectivity index (χ1n) is 10.6. The molecule has 5 atom stereocenters. The van der Waals surface area contributed by atoms with Crippen LogP contribution in [-0.4, -0.2) is 31.7 Å². The second-order valence-corrected chi connectivity index (χ2v) is 9.44. The van der Waals surface area contributed by atoms with Gasteiger partial charge in [-0.1, -0.05) is 24.6 Å². The summed E-state index contributed by atoms with van der Waals surface area (Å²) in [5.74, 6) is 2.67. The summed E-state index contributed by atoms with van der Waals surface area (Å²) in [7, 11) is 1.93. The Labute approximate surface area is 157 Å². The highest BCUT2D eigenvalue weighted by atomic mass is 16.6. The number of carbonyl (C=O) groups excluding carboxylic acids is 1. The van der Waals surface area contributed by atoms with E-state index in [2.05, 4.69) is 30.4 Å². The molecule has 0 aliphatic heterocycles. The van der Waals surface area contributed by atoms with Gasteiger partial charge < -0.3 is 10.2 Å². The Morgan fingerprint density at radius 2 is 1.92 bits per heavy atom. The van der Waals surface area contributed by atoms with Gasteiger partial charge in [-0.15, -0.1) is 0 Å². The van der Waals surface area contributed by atoms with Crippen LogP contribution >= 0.6 is 0 Å². The molecule has 4 aliphatic rings. The molecule has 0 heterocycles. The zero-order chi connectivity index (χ0) is 18.4. The summed E-state index contributed by atoms with van der Waals surface area (Å²) in [5, 5.41) is 7.46. The minimum absolute atomic E-state index is 0.0127. The van der Waals surface area contributed by atoms with E-state index in [0.717, 1.165) is 49.8 Å². The maximum Gasteiger partial charge on any atom is 0.139 e. The lowest BCUT2D eigenvalue weighted by molar-refractivity contribution is -0.132. The van der Waals surface area contributed by atoms with Crippen molar-refractivity contribution in [2.45, 2.75) is 65.2 Å². The van der Waals surface area contributed by atoms with E-state index < -0.39 is 0 Å². The third-order valence-electron chi connectivity index (χ3n) is 8.31. The Balaban J connectivity index is 1.53. The van der Waals surface area contributed by atoms with Gasteiger partial charge in [0.25, 0.3) is 0 Å². The summed E-state index contributed by atoms with van der Waals surface area (Å²) in [6.07, 6.45) is 11.3. The van der Waals surface area contributed by atoms with Gasteiger partial charge >= 0.3 is 0 Å². The van der Waals surface area contributed by atoms with Gasteiger partial charge in [-0.3, -0.25) is 4.79 Å². The van der Waals surface area contributed by atoms with Crippen LogP contribution < -0.4 is 5.32 Å². The molecule has 144 valence electrons. The molecule has 4 heteroatoms. The minimum atomic E-state index is -0.0127.